The standard InChI is InChI=1S/C12H17NO4S/c1-7(2)8(6-10(14)15)13-12(16)11-9(17-3)4-5-18-11/h4-5,7-8H,6H2,1-3H3,(H,13,16)(H,14,15). The number of ether oxygens (including phenoxy) is 1. The van der Waals surface area contributed by atoms with E-state index < -0.39 is 5.97 Å². The van der Waals surface area contributed by atoms with Crippen molar-refractivity contribution < 1.29 is 19.4 Å². The Kier molecular flexibility index (Phi) is 5.15. The van der Waals surface area contributed by atoms with E-state index in [4.69, 9.17) is 9.84 Å². The second kappa shape index (κ2) is 6.39. The molecule has 0 saturated carbocycles. The highest BCUT2D eigenvalue weighted by atomic mass is 32.1. The molecule has 0 radical (unpaired) electrons. The molecule has 1 aromatic heterocycles. The number of carboxylic acid groups (broad SMARTS) is 1. The minimum absolute atomic E-state index is 0.0519. The van der Waals surface area contributed by atoms with Gasteiger partial charge in [-0.05, 0) is 17.4 Å². The quantitative estimate of drug-likeness (QED) is 0.829. The molecule has 0 aliphatic rings. The Labute approximate surface area is 110 Å². The van der Waals surface area contributed by atoms with Gasteiger partial charge in [-0.25, -0.2) is 0 Å². The summed E-state index contributed by atoms with van der Waals surface area (Å²) in [5, 5.41) is 13.3. The third-order valence-electron chi connectivity index (χ3n) is 2.57. The van der Waals surface area contributed by atoms with Gasteiger partial charge >= 0.3 is 5.97 Å². The Balaban J connectivity index is 2.75. The second-order valence-corrected chi connectivity index (χ2v) is 5.16. The molecule has 18 heavy (non-hydrogen) atoms. The molecule has 6 heteroatoms. The first-order valence-electron chi connectivity index (χ1n) is 5.59. The van der Waals surface area contributed by atoms with Crippen LogP contribution in [0.3, 0.4) is 0 Å². The van der Waals surface area contributed by atoms with Crippen LogP contribution in [0.4, 0.5) is 0 Å². The van der Waals surface area contributed by atoms with Crippen molar-refractivity contribution in [2.24, 2.45) is 5.92 Å². The van der Waals surface area contributed by atoms with Crippen molar-refractivity contribution in [3.63, 3.8) is 0 Å². The Morgan fingerprint density at radius 1 is 1.50 bits per heavy atom. The summed E-state index contributed by atoms with van der Waals surface area (Å²) in [6, 6.07) is 1.32. The lowest BCUT2D eigenvalue weighted by Gasteiger charge is -2.20. The highest BCUT2D eigenvalue weighted by Crippen LogP contribution is 2.24. The van der Waals surface area contributed by atoms with Gasteiger partial charge in [0.1, 0.15) is 10.6 Å². The van der Waals surface area contributed by atoms with Crippen molar-refractivity contribution in [2.45, 2.75) is 26.3 Å². The molecule has 100 valence electrons. The molecule has 0 saturated heterocycles. The zero-order valence-corrected chi connectivity index (χ0v) is 11.4. The van der Waals surface area contributed by atoms with Gasteiger partial charge in [0.2, 0.25) is 0 Å². The average Bonchev–Trinajstić information content (AvgIpc) is 2.75. The molecule has 1 rings (SSSR count). The Morgan fingerprint density at radius 3 is 2.67 bits per heavy atom. The van der Waals surface area contributed by atoms with Gasteiger partial charge in [-0.1, -0.05) is 13.8 Å². The van der Waals surface area contributed by atoms with Crippen LogP contribution in [-0.2, 0) is 4.79 Å². The van der Waals surface area contributed by atoms with Gasteiger partial charge in [-0.3, -0.25) is 9.59 Å². The molecule has 0 aliphatic carbocycles. The third kappa shape index (κ3) is 3.73. The number of carbonyl (C=O) groups excluding carboxylic acids is 1. The molecule has 1 aromatic rings. The highest BCUT2D eigenvalue weighted by Gasteiger charge is 2.22. The first kappa shape index (κ1) is 14.5. The summed E-state index contributed by atoms with van der Waals surface area (Å²) in [6.07, 6.45) is -0.0862. The molecule has 0 fully saturated rings. The van der Waals surface area contributed by atoms with Gasteiger partial charge in [-0.2, -0.15) is 0 Å². The molecule has 1 atom stereocenters. The van der Waals surface area contributed by atoms with Gasteiger partial charge in [0.15, 0.2) is 0 Å². The van der Waals surface area contributed by atoms with Crippen molar-refractivity contribution in [3.8, 4) is 5.75 Å². The van der Waals surface area contributed by atoms with Gasteiger partial charge in [0.25, 0.3) is 5.91 Å². The lowest BCUT2D eigenvalue weighted by molar-refractivity contribution is -0.137. The SMILES string of the molecule is COc1ccsc1C(=O)NC(CC(=O)O)C(C)C. The summed E-state index contributed by atoms with van der Waals surface area (Å²) in [6.45, 7) is 3.75. The summed E-state index contributed by atoms with van der Waals surface area (Å²) in [5.74, 6) is -0.653. The predicted molar refractivity (Wildman–Crippen MR) is 69.2 cm³/mol. The normalized spacial score (nSPS) is 12.2. The Morgan fingerprint density at radius 2 is 2.17 bits per heavy atom. The fraction of sp³-hybridized carbons (Fsp3) is 0.500. The third-order valence-corrected chi connectivity index (χ3v) is 3.47. The fourth-order valence-electron chi connectivity index (χ4n) is 1.50. The lowest BCUT2D eigenvalue weighted by Crippen LogP contribution is -2.39. The van der Waals surface area contributed by atoms with Gasteiger partial charge in [0.05, 0.1) is 13.5 Å². The average molecular weight is 271 g/mol. The van der Waals surface area contributed by atoms with E-state index in [1.807, 2.05) is 13.8 Å². The summed E-state index contributed by atoms with van der Waals surface area (Å²) in [5.41, 5.74) is 0. The molecule has 1 heterocycles. The number of carboxylic acids is 1. The fourth-order valence-corrected chi connectivity index (χ4v) is 2.26. The number of thiophene rings is 1. The monoisotopic (exact) mass is 271 g/mol. The van der Waals surface area contributed by atoms with E-state index in [-0.39, 0.29) is 24.3 Å². The van der Waals surface area contributed by atoms with Crippen LogP contribution in [0.2, 0.25) is 0 Å². The number of aliphatic carboxylic acids is 1. The molecule has 5 nitrogen and oxygen atoms in total. The van der Waals surface area contributed by atoms with Crippen LogP contribution in [0.25, 0.3) is 0 Å². The predicted octanol–water partition coefficient (Wildman–Crippen LogP) is 1.99. The molecular formula is C12H17NO4S. The summed E-state index contributed by atoms with van der Waals surface area (Å²) >= 11 is 1.27. The first-order chi connectivity index (χ1) is 8.45. The molecule has 0 spiro atoms. The molecule has 1 amide bonds. The van der Waals surface area contributed by atoms with E-state index in [0.717, 1.165) is 0 Å². The largest absolute Gasteiger partial charge is 0.495 e. The molecular weight excluding hydrogens is 254 g/mol. The summed E-state index contributed by atoms with van der Waals surface area (Å²) < 4.78 is 5.06. The van der Waals surface area contributed by atoms with Crippen molar-refractivity contribution in [1.82, 2.24) is 5.32 Å². The Hall–Kier alpha value is -1.56. The number of hydrogen-bond donors (Lipinski definition) is 2. The van der Waals surface area contributed by atoms with Crippen LogP contribution < -0.4 is 10.1 Å². The molecule has 0 aromatic carbocycles. The topological polar surface area (TPSA) is 75.6 Å². The van der Waals surface area contributed by atoms with E-state index in [0.29, 0.717) is 10.6 Å². The van der Waals surface area contributed by atoms with Crippen molar-refractivity contribution in [2.75, 3.05) is 7.11 Å². The molecule has 2 N–H and O–H groups in total. The molecule has 1 unspecified atom stereocenters. The van der Waals surface area contributed by atoms with Crippen LogP contribution in [0, 0.1) is 5.92 Å². The second-order valence-electron chi connectivity index (χ2n) is 4.24. The maximum atomic E-state index is 12.0. The molecule has 0 aliphatic heterocycles. The van der Waals surface area contributed by atoms with Crippen molar-refractivity contribution >= 4 is 23.2 Å². The number of nitrogens with one attached hydrogen (secondary N) is 1. The lowest BCUT2D eigenvalue weighted by atomic mass is 10.0. The zero-order chi connectivity index (χ0) is 13.7. The van der Waals surface area contributed by atoms with E-state index in [1.165, 1.54) is 18.4 Å². The number of carbonyl (C=O) groups is 2. The minimum Gasteiger partial charge on any atom is -0.495 e. The van der Waals surface area contributed by atoms with Crippen LogP contribution in [0.1, 0.15) is 29.9 Å². The maximum absolute atomic E-state index is 12.0. The highest BCUT2D eigenvalue weighted by molar-refractivity contribution is 7.12. The number of hydrogen-bond acceptors (Lipinski definition) is 4. The van der Waals surface area contributed by atoms with Gasteiger partial charge < -0.3 is 15.2 Å². The van der Waals surface area contributed by atoms with Gasteiger partial charge in [0, 0.05) is 6.04 Å². The van der Waals surface area contributed by atoms with E-state index in [9.17, 15) is 9.59 Å². The van der Waals surface area contributed by atoms with Crippen molar-refractivity contribution in [3.05, 3.63) is 16.3 Å². The van der Waals surface area contributed by atoms with Crippen molar-refractivity contribution in [1.29, 1.82) is 0 Å². The number of methoxy groups -OCH3 is 1. The summed E-state index contributed by atoms with van der Waals surface area (Å²) in [7, 11) is 1.50. The minimum atomic E-state index is -0.924. The number of amides is 1. The van der Waals surface area contributed by atoms with Crippen LogP contribution in [0.15, 0.2) is 11.4 Å². The van der Waals surface area contributed by atoms with E-state index >= 15 is 0 Å². The molecule has 0 bridgehead atoms. The van der Waals surface area contributed by atoms with Crippen LogP contribution in [-0.4, -0.2) is 30.1 Å². The van der Waals surface area contributed by atoms with E-state index in [1.54, 1.807) is 11.4 Å². The Bertz CT molecular complexity index is 427. The van der Waals surface area contributed by atoms with E-state index in [2.05, 4.69) is 5.32 Å². The number of rotatable bonds is 6. The first-order valence-corrected chi connectivity index (χ1v) is 6.47. The summed E-state index contributed by atoms with van der Waals surface area (Å²) in [4.78, 5) is 23.2. The smallest absolute Gasteiger partial charge is 0.305 e. The van der Waals surface area contributed by atoms with Crippen LogP contribution >= 0.6 is 11.3 Å². The van der Waals surface area contributed by atoms with Gasteiger partial charge in [-0.15, -0.1) is 11.3 Å². The van der Waals surface area contributed by atoms with Crippen LogP contribution in [0.5, 0.6) is 5.75 Å². The zero-order valence-electron chi connectivity index (χ0n) is 10.6. The maximum Gasteiger partial charge on any atom is 0.305 e.